The van der Waals surface area contributed by atoms with Crippen molar-refractivity contribution in [3.05, 3.63) is 23.4 Å². The van der Waals surface area contributed by atoms with E-state index in [1.807, 2.05) is 0 Å². The van der Waals surface area contributed by atoms with E-state index in [9.17, 15) is 14.4 Å². The molecule has 1 rings (SSSR count). The first-order valence-electron chi connectivity index (χ1n) is 6.97. The quantitative estimate of drug-likeness (QED) is 0.363. The van der Waals surface area contributed by atoms with E-state index in [2.05, 4.69) is 21.0 Å². The zero-order valence-electron chi connectivity index (χ0n) is 13.6. The summed E-state index contributed by atoms with van der Waals surface area (Å²) < 4.78 is 12.3. The number of methoxy groups -OCH3 is 2. The fourth-order valence-electron chi connectivity index (χ4n) is 2.00. The monoisotopic (exact) mass is 411 g/mol. The minimum absolute atomic E-state index is 0.0272. The van der Waals surface area contributed by atoms with Crippen LogP contribution in [0.4, 0.5) is 0 Å². The van der Waals surface area contributed by atoms with Crippen molar-refractivity contribution in [3.8, 4) is 0 Å². The van der Waals surface area contributed by atoms with Crippen LogP contribution in [0.25, 0.3) is 0 Å². The minimum atomic E-state index is -1.78. The molecule has 0 saturated carbocycles. The largest absolute Gasteiger partial charge is 0.469 e. The lowest BCUT2D eigenvalue weighted by Gasteiger charge is -2.13. The van der Waals surface area contributed by atoms with Gasteiger partial charge in [-0.2, -0.15) is 0 Å². The summed E-state index contributed by atoms with van der Waals surface area (Å²) in [4.78, 5) is 39.2. The van der Waals surface area contributed by atoms with Crippen molar-refractivity contribution < 1.29 is 28.6 Å². The number of allylic oxidation sites excluding steroid dienone is 1. The van der Waals surface area contributed by atoms with Crippen molar-refractivity contribution >= 4 is 58.4 Å². The van der Waals surface area contributed by atoms with Gasteiger partial charge in [-0.25, -0.2) is 9.79 Å². The summed E-state index contributed by atoms with van der Waals surface area (Å²) in [6.07, 6.45) is -0.0865. The summed E-state index contributed by atoms with van der Waals surface area (Å²) in [5.74, 6) is -1.89. The molecule has 0 spiro atoms. The van der Waals surface area contributed by atoms with Gasteiger partial charge in [-0.1, -0.05) is 41.4 Å². The third-order valence-electron chi connectivity index (χ3n) is 3.16. The maximum absolute atomic E-state index is 12.2. The van der Waals surface area contributed by atoms with E-state index in [4.69, 9.17) is 39.5 Å². The van der Waals surface area contributed by atoms with Crippen LogP contribution in [0, 0.1) is 0 Å². The Kier molecular flexibility index (Phi) is 7.92. The van der Waals surface area contributed by atoms with E-state index >= 15 is 0 Å². The zero-order chi connectivity index (χ0) is 19.2. The van der Waals surface area contributed by atoms with E-state index in [-0.39, 0.29) is 30.7 Å². The van der Waals surface area contributed by atoms with E-state index in [1.165, 1.54) is 14.2 Å². The standard InChI is InChI=1S/C15H16Cl3NO6/c1-8-10(6-12(21)24-3)9(4-5-11(20)23-2)13(19-8)14(22)25-7-15(16,17)18/h1,4-7H2,2-3H3. The van der Waals surface area contributed by atoms with Crippen LogP contribution in [0.15, 0.2) is 28.4 Å². The highest BCUT2D eigenvalue weighted by atomic mass is 35.6. The molecule has 0 aliphatic carbocycles. The lowest BCUT2D eigenvalue weighted by Crippen LogP contribution is -2.24. The molecule has 0 radical (unpaired) electrons. The second-order valence-corrected chi connectivity index (χ2v) is 7.40. The summed E-state index contributed by atoms with van der Waals surface area (Å²) in [6, 6.07) is 0. The Bertz CT molecular complexity index is 648. The molecule has 7 nitrogen and oxygen atoms in total. The maximum atomic E-state index is 12.2. The molecule has 0 aromatic heterocycles. The number of nitrogens with zero attached hydrogens (tertiary/aromatic N) is 1. The van der Waals surface area contributed by atoms with Crippen LogP contribution in [-0.2, 0) is 28.6 Å². The molecule has 25 heavy (non-hydrogen) atoms. The van der Waals surface area contributed by atoms with Crippen molar-refractivity contribution in [2.75, 3.05) is 20.8 Å². The molecular formula is C15H16Cl3NO6. The van der Waals surface area contributed by atoms with E-state index in [0.29, 0.717) is 11.1 Å². The molecule has 1 aliphatic rings. The van der Waals surface area contributed by atoms with Gasteiger partial charge in [-0.05, 0) is 17.6 Å². The third kappa shape index (κ3) is 6.68. The number of hydrogen-bond acceptors (Lipinski definition) is 7. The molecule has 0 amide bonds. The molecular weight excluding hydrogens is 397 g/mol. The number of esters is 3. The Hall–Kier alpha value is -1.57. The average molecular weight is 413 g/mol. The first kappa shape index (κ1) is 21.5. The summed E-state index contributed by atoms with van der Waals surface area (Å²) >= 11 is 16.6. The number of alkyl halides is 3. The molecule has 0 atom stereocenters. The second kappa shape index (κ2) is 9.22. The number of carbonyl (C=O) groups excluding carboxylic acids is 3. The van der Waals surface area contributed by atoms with Gasteiger partial charge in [0.25, 0.3) is 0 Å². The fraction of sp³-hybridized carbons (Fsp3) is 0.467. The van der Waals surface area contributed by atoms with Gasteiger partial charge in [-0.3, -0.25) is 9.59 Å². The van der Waals surface area contributed by atoms with Crippen LogP contribution in [0.1, 0.15) is 19.3 Å². The first-order valence-corrected chi connectivity index (χ1v) is 8.10. The van der Waals surface area contributed by atoms with Gasteiger partial charge in [0.05, 0.1) is 26.3 Å². The highest BCUT2D eigenvalue weighted by molar-refractivity contribution is 6.67. The van der Waals surface area contributed by atoms with Crippen LogP contribution in [-0.4, -0.2) is 48.2 Å². The Balaban J connectivity index is 3.05. The molecule has 10 heteroatoms. The van der Waals surface area contributed by atoms with E-state index in [1.54, 1.807) is 0 Å². The van der Waals surface area contributed by atoms with Crippen LogP contribution in [0.3, 0.4) is 0 Å². The van der Waals surface area contributed by atoms with Crippen LogP contribution >= 0.6 is 34.8 Å². The molecule has 1 aliphatic heterocycles. The van der Waals surface area contributed by atoms with Gasteiger partial charge >= 0.3 is 17.9 Å². The van der Waals surface area contributed by atoms with Crippen molar-refractivity contribution in [2.24, 2.45) is 4.99 Å². The Morgan fingerprint density at radius 3 is 2.20 bits per heavy atom. The number of halogens is 3. The van der Waals surface area contributed by atoms with E-state index in [0.717, 1.165) is 0 Å². The minimum Gasteiger partial charge on any atom is -0.469 e. The molecule has 0 bridgehead atoms. The zero-order valence-corrected chi connectivity index (χ0v) is 15.8. The van der Waals surface area contributed by atoms with E-state index < -0.39 is 28.3 Å². The van der Waals surface area contributed by atoms with Crippen LogP contribution in [0.5, 0.6) is 0 Å². The van der Waals surface area contributed by atoms with Gasteiger partial charge in [0.1, 0.15) is 6.61 Å². The number of hydrogen-bond donors (Lipinski definition) is 0. The highest BCUT2D eigenvalue weighted by Gasteiger charge is 2.32. The topological polar surface area (TPSA) is 91.3 Å². The van der Waals surface area contributed by atoms with Gasteiger partial charge in [0.2, 0.25) is 3.79 Å². The van der Waals surface area contributed by atoms with Crippen molar-refractivity contribution in [1.29, 1.82) is 0 Å². The average Bonchev–Trinajstić information content (AvgIpc) is 2.85. The number of ether oxygens (including phenoxy) is 3. The number of carbonyl (C=O) groups is 3. The van der Waals surface area contributed by atoms with Gasteiger partial charge in [0, 0.05) is 6.42 Å². The number of rotatable bonds is 7. The lowest BCUT2D eigenvalue weighted by atomic mass is 9.97. The molecule has 0 N–H and O–H groups in total. The normalized spacial score (nSPS) is 14.3. The molecule has 138 valence electrons. The SMILES string of the molecule is C=C1N=C(C(=O)OCC(Cl)(Cl)Cl)C(CCC(=O)OC)=C1CC(=O)OC. The second-order valence-electron chi connectivity index (χ2n) is 4.88. The van der Waals surface area contributed by atoms with Crippen molar-refractivity contribution in [1.82, 2.24) is 0 Å². The van der Waals surface area contributed by atoms with Crippen molar-refractivity contribution in [2.45, 2.75) is 23.1 Å². The summed E-state index contributed by atoms with van der Waals surface area (Å²) in [5, 5.41) is 0. The van der Waals surface area contributed by atoms with Crippen LogP contribution in [0.2, 0.25) is 0 Å². The summed E-state index contributed by atoms with van der Waals surface area (Å²) in [6.45, 7) is 3.22. The molecule has 0 fully saturated rings. The Labute approximate surface area is 159 Å². The third-order valence-corrected chi connectivity index (χ3v) is 3.49. The molecule has 1 heterocycles. The predicted octanol–water partition coefficient (Wildman–Crippen LogP) is 2.68. The summed E-state index contributed by atoms with van der Waals surface area (Å²) in [5.41, 5.74) is 0.833. The maximum Gasteiger partial charge on any atom is 0.357 e. The van der Waals surface area contributed by atoms with Gasteiger partial charge < -0.3 is 14.2 Å². The predicted molar refractivity (Wildman–Crippen MR) is 92.7 cm³/mol. The first-order chi connectivity index (χ1) is 11.6. The van der Waals surface area contributed by atoms with Crippen molar-refractivity contribution in [3.63, 3.8) is 0 Å². The molecule has 0 unspecified atom stereocenters. The van der Waals surface area contributed by atoms with Gasteiger partial charge in [-0.15, -0.1) is 0 Å². The Morgan fingerprint density at radius 2 is 1.68 bits per heavy atom. The van der Waals surface area contributed by atoms with Crippen LogP contribution < -0.4 is 0 Å². The Morgan fingerprint density at radius 1 is 1.08 bits per heavy atom. The smallest absolute Gasteiger partial charge is 0.357 e. The highest BCUT2D eigenvalue weighted by Crippen LogP contribution is 2.32. The lowest BCUT2D eigenvalue weighted by molar-refractivity contribution is -0.141. The molecule has 0 saturated heterocycles. The molecule has 0 aromatic carbocycles. The molecule has 0 aromatic rings. The fourth-order valence-corrected chi connectivity index (χ4v) is 2.16. The number of aliphatic imine (C=N–C) groups is 1. The van der Waals surface area contributed by atoms with Gasteiger partial charge in [0.15, 0.2) is 5.71 Å². The summed E-state index contributed by atoms with van der Waals surface area (Å²) in [7, 11) is 2.47.